The summed E-state index contributed by atoms with van der Waals surface area (Å²) in [4.78, 5) is 2.01. The van der Waals surface area contributed by atoms with E-state index >= 15 is 0 Å². The Balaban J connectivity index is 2.31. The Morgan fingerprint density at radius 1 is 1.50 bits per heavy atom. The number of nitrogens with zero attached hydrogens (tertiary/aromatic N) is 1. The van der Waals surface area contributed by atoms with Crippen LogP contribution in [0, 0.1) is 0 Å². The van der Waals surface area contributed by atoms with Crippen LogP contribution in [-0.2, 0) is 0 Å². The largest absolute Gasteiger partial charge is 0.381 e. The molecule has 1 heterocycles. The van der Waals surface area contributed by atoms with E-state index in [4.69, 9.17) is 10.8 Å². The van der Waals surface area contributed by atoms with E-state index in [-0.39, 0.29) is 12.3 Å². The van der Waals surface area contributed by atoms with Gasteiger partial charge in [-0.1, -0.05) is 0 Å². The van der Waals surface area contributed by atoms with Gasteiger partial charge < -0.3 is 10.8 Å². The van der Waals surface area contributed by atoms with Crippen molar-refractivity contribution < 1.29 is 5.11 Å². The van der Waals surface area contributed by atoms with Crippen LogP contribution in [0.4, 0.5) is 0 Å². The molecule has 1 fully saturated rings. The third kappa shape index (κ3) is 1.94. The molecule has 1 aliphatic rings. The molecule has 0 saturated carbocycles. The number of piperidine rings is 1. The SMILES string of the molecule is CC1(N)CCN(CO)CC1. The zero-order chi connectivity index (χ0) is 7.61. The molecule has 0 bridgehead atoms. The molecule has 3 nitrogen and oxygen atoms in total. The van der Waals surface area contributed by atoms with E-state index in [0.29, 0.717) is 0 Å². The summed E-state index contributed by atoms with van der Waals surface area (Å²) in [5.41, 5.74) is 5.89. The van der Waals surface area contributed by atoms with E-state index in [1.165, 1.54) is 0 Å². The maximum Gasteiger partial charge on any atom is 0.0956 e. The maximum absolute atomic E-state index is 8.75. The summed E-state index contributed by atoms with van der Waals surface area (Å²) in [6, 6.07) is 0. The average Bonchev–Trinajstić information content (AvgIpc) is 1.88. The monoisotopic (exact) mass is 144 g/mol. The minimum absolute atomic E-state index is 0.00563. The van der Waals surface area contributed by atoms with Gasteiger partial charge in [0.05, 0.1) is 6.73 Å². The minimum atomic E-state index is 0.00563. The molecule has 1 aliphatic heterocycles. The lowest BCUT2D eigenvalue weighted by Gasteiger charge is -2.35. The van der Waals surface area contributed by atoms with Crippen molar-refractivity contribution in [2.75, 3.05) is 19.8 Å². The normalized spacial score (nSPS) is 26.7. The highest BCUT2D eigenvalue weighted by Crippen LogP contribution is 2.17. The topological polar surface area (TPSA) is 49.5 Å². The van der Waals surface area contributed by atoms with Gasteiger partial charge in [-0.3, -0.25) is 4.90 Å². The fourth-order valence-electron chi connectivity index (χ4n) is 1.21. The molecule has 0 spiro atoms. The van der Waals surface area contributed by atoms with Crippen LogP contribution in [0.15, 0.2) is 0 Å². The fraction of sp³-hybridized carbons (Fsp3) is 1.00. The highest BCUT2D eigenvalue weighted by Gasteiger charge is 2.24. The van der Waals surface area contributed by atoms with Crippen LogP contribution in [-0.4, -0.2) is 35.4 Å². The summed E-state index contributed by atoms with van der Waals surface area (Å²) in [6.07, 6.45) is 1.99. The molecular formula is C7H16N2O. The van der Waals surface area contributed by atoms with Crippen LogP contribution in [0.5, 0.6) is 0 Å². The molecule has 1 saturated heterocycles. The quantitative estimate of drug-likeness (QED) is 0.533. The average molecular weight is 144 g/mol. The van der Waals surface area contributed by atoms with Gasteiger partial charge in [0.15, 0.2) is 0 Å². The maximum atomic E-state index is 8.75. The highest BCUT2D eigenvalue weighted by atomic mass is 16.3. The molecule has 3 heteroatoms. The van der Waals surface area contributed by atoms with Crippen molar-refractivity contribution in [2.45, 2.75) is 25.3 Å². The molecule has 0 aromatic rings. The zero-order valence-electron chi connectivity index (χ0n) is 6.51. The predicted molar refractivity (Wildman–Crippen MR) is 40.5 cm³/mol. The van der Waals surface area contributed by atoms with Gasteiger partial charge in [0.25, 0.3) is 0 Å². The number of hydrogen-bond donors (Lipinski definition) is 2. The second-order valence-corrected chi connectivity index (χ2v) is 3.41. The summed E-state index contributed by atoms with van der Waals surface area (Å²) >= 11 is 0. The van der Waals surface area contributed by atoms with Crippen molar-refractivity contribution in [3.63, 3.8) is 0 Å². The molecule has 1 rings (SSSR count). The first kappa shape index (κ1) is 7.98. The van der Waals surface area contributed by atoms with Gasteiger partial charge in [0.2, 0.25) is 0 Å². The van der Waals surface area contributed by atoms with E-state index in [1.54, 1.807) is 0 Å². The first-order chi connectivity index (χ1) is 4.64. The van der Waals surface area contributed by atoms with Crippen molar-refractivity contribution in [3.8, 4) is 0 Å². The van der Waals surface area contributed by atoms with Crippen LogP contribution in [0.1, 0.15) is 19.8 Å². The highest BCUT2D eigenvalue weighted by molar-refractivity contribution is 4.84. The number of nitrogens with two attached hydrogens (primary N) is 1. The molecule has 0 aliphatic carbocycles. The molecule has 0 amide bonds. The molecule has 60 valence electrons. The summed E-state index contributed by atoms with van der Waals surface area (Å²) in [5.74, 6) is 0. The van der Waals surface area contributed by atoms with Crippen molar-refractivity contribution in [1.82, 2.24) is 4.90 Å². The second-order valence-electron chi connectivity index (χ2n) is 3.41. The molecule has 0 aromatic heterocycles. The van der Waals surface area contributed by atoms with Crippen molar-refractivity contribution >= 4 is 0 Å². The summed E-state index contributed by atoms with van der Waals surface area (Å²) in [6.45, 7) is 4.12. The van der Waals surface area contributed by atoms with E-state index in [9.17, 15) is 0 Å². The molecule has 10 heavy (non-hydrogen) atoms. The first-order valence-corrected chi connectivity index (χ1v) is 3.76. The molecule has 0 aromatic carbocycles. The zero-order valence-corrected chi connectivity index (χ0v) is 6.51. The van der Waals surface area contributed by atoms with Crippen LogP contribution in [0.3, 0.4) is 0 Å². The van der Waals surface area contributed by atoms with Crippen molar-refractivity contribution in [2.24, 2.45) is 5.73 Å². The van der Waals surface area contributed by atoms with Crippen LogP contribution >= 0.6 is 0 Å². The fourth-order valence-corrected chi connectivity index (χ4v) is 1.21. The van der Waals surface area contributed by atoms with Crippen molar-refractivity contribution in [3.05, 3.63) is 0 Å². The molecular weight excluding hydrogens is 128 g/mol. The molecule has 0 atom stereocenters. The lowest BCUT2D eigenvalue weighted by atomic mass is 9.91. The van der Waals surface area contributed by atoms with Crippen molar-refractivity contribution in [1.29, 1.82) is 0 Å². The van der Waals surface area contributed by atoms with Crippen LogP contribution in [0.2, 0.25) is 0 Å². The Morgan fingerprint density at radius 2 is 2.00 bits per heavy atom. The number of aliphatic hydroxyl groups is 1. The number of rotatable bonds is 1. The summed E-state index contributed by atoms with van der Waals surface area (Å²) < 4.78 is 0. The Labute approximate surface area is 61.8 Å². The molecule has 3 N–H and O–H groups in total. The third-order valence-electron chi connectivity index (χ3n) is 2.20. The Bertz CT molecular complexity index is 104. The van der Waals surface area contributed by atoms with Gasteiger partial charge in [-0.2, -0.15) is 0 Å². The van der Waals surface area contributed by atoms with Gasteiger partial charge in [-0.25, -0.2) is 0 Å². The Hall–Kier alpha value is -0.120. The number of aliphatic hydroxyl groups excluding tert-OH is 1. The lowest BCUT2D eigenvalue weighted by molar-refractivity contribution is 0.0690. The summed E-state index contributed by atoms with van der Waals surface area (Å²) in [7, 11) is 0. The minimum Gasteiger partial charge on any atom is -0.381 e. The predicted octanol–water partition coefficient (Wildman–Crippen LogP) is -0.251. The molecule has 0 radical (unpaired) electrons. The van der Waals surface area contributed by atoms with Gasteiger partial charge in [0, 0.05) is 18.6 Å². The van der Waals surface area contributed by atoms with E-state index in [2.05, 4.69) is 6.92 Å². The number of likely N-dealkylation sites (tertiary alicyclic amines) is 1. The van der Waals surface area contributed by atoms with E-state index < -0.39 is 0 Å². The van der Waals surface area contributed by atoms with Gasteiger partial charge >= 0.3 is 0 Å². The third-order valence-corrected chi connectivity index (χ3v) is 2.20. The van der Waals surface area contributed by atoms with Crippen LogP contribution < -0.4 is 5.73 Å². The standard InChI is InChI=1S/C7H16N2O/c1-7(8)2-4-9(6-10)5-3-7/h10H,2-6,8H2,1H3. The molecule has 0 unspecified atom stereocenters. The van der Waals surface area contributed by atoms with E-state index in [1.807, 2.05) is 4.90 Å². The number of hydrogen-bond acceptors (Lipinski definition) is 3. The summed E-state index contributed by atoms with van der Waals surface area (Å²) in [5, 5.41) is 8.75. The van der Waals surface area contributed by atoms with Gasteiger partial charge in [-0.05, 0) is 19.8 Å². The Morgan fingerprint density at radius 3 is 2.40 bits per heavy atom. The second kappa shape index (κ2) is 2.86. The first-order valence-electron chi connectivity index (χ1n) is 3.76. The smallest absolute Gasteiger partial charge is 0.0956 e. The Kier molecular flexibility index (Phi) is 2.28. The van der Waals surface area contributed by atoms with Crippen LogP contribution in [0.25, 0.3) is 0 Å². The van der Waals surface area contributed by atoms with Gasteiger partial charge in [-0.15, -0.1) is 0 Å². The van der Waals surface area contributed by atoms with E-state index in [0.717, 1.165) is 25.9 Å². The lowest BCUT2D eigenvalue weighted by Crippen LogP contribution is -2.48. The van der Waals surface area contributed by atoms with Gasteiger partial charge in [0.1, 0.15) is 0 Å².